The molecule has 2 rings (SSSR count). The highest BCUT2D eigenvalue weighted by molar-refractivity contribution is 5.81. The van der Waals surface area contributed by atoms with Gasteiger partial charge in [-0.25, -0.2) is 0 Å². The molecule has 20 heavy (non-hydrogen) atoms. The van der Waals surface area contributed by atoms with Gasteiger partial charge in [-0.05, 0) is 37.1 Å². The first-order chi connectivity index (χ1) is 9.63. The SMILES string of the molecule is Cc1cccc(CC(=O)CCOc2cccc(C)c2)c1. The summed E-state index contributed by atoms with van der Waals surface area (Å²) in [4.78, 5) is 11.9. The Morgan fingerprint density at radius 1 is 1.00 bits per heavy atom. The van der Waals surface area contributed by atoms with Crippen LogP contribution in [0, 0.1) is 13.8 Å². The molecule has 0 N–H and O–H groups in total. The highest BCUT2D eigenvalue weighted by Crippen LogP contribution is 2.13. The molecular formula is C18H20O2. The van der Waals surface area contributed by atoms with Gasteiger partial charge in [0.25, 0.3) is 0 Å². The van der Waals surface area contributed by atoms with E-state index in [1.54, 1.807) is 0 Å². The molecule has 0 saturated carbocycles. The van der Waals surface area contributed by atoms with Crippen LogP contribution in [-0.4, -0.2) is 12.4 Å². The van der Waals surface area contributed by atoms with Crippen LogP contribution < -0.4 is 4.74 Å². The summed E-state index contributed by atoms with van der Waals surface area (Å²) >= 11 is 0. The number of carbonyl (C=O) groups is 1. The van der Waals surface area contributed by atoms with Crippen molar-refractivity contribution in [3.8, 4) is 5.75 Å². The molecule has 0 aliphatic heterocycles. The van der Waals surface area contributed by atoms with Gasteiger partial charge < -0.3 is 4.74 Å². The third-order valence-electron chi connectivity index (χ3n) is 3.12. The molecule has 0 bridgehead atoms. The van der Waals surface area contributed by atoms with Crippen LogP contribution in [0.25, 0.3) is 0 Å². The zero-order valence-electron chi connectivity index (χ0n) is 12.1. The second-order valence-electron chi connectivity index (χ2n) is 5.12. The van der Waals surface area contributed by atoms with E-state index in [4.69, 9.17) is 4.74 Å². The monoisotopic (exact) mass is 268 g/mol. The van der Waals surface area contributed by atoms with Crippen LogP contribution in [0.3, 0.4) is 0 Å². The summed E-state index contributed by atoms with van der Waals surface area (Å²) in [6, 6.07) is 15.9. The summed E-state index contributed by atoms with van der Waals surface area (Å²) in [5.74, 6) is 1.04. The van der Waals surface area contributed by atoms with E-state index in [0.717, 1.165) is 16.9 Å². The fourth-order valence-electron chi connectivity index (χ4n) is 2.13. The average Bonchev–Trinajstić information content (AvgIpc) is 2.38. The molecule has 2 nitrogen and oxygen atoms in total. The number of hydrogen-bond acceptors (Lipinski definition) is 2. The smallest absolute Gasteiger partial charge is 0.140 e. The predicted octanol–water partition coefficient (Wildman–Crippen LogP) is 3.88. The summed E-state index contributed by atoms with van der Waals surface area (Å²) in [5, 5.41) is 0. The average molecular weight is 268 g/mol. The molecule has 0 aromatic heterocycles. The normalized spacial score (nSPS) is 10.3. The summed E-state index contributed by atoms with van der Waals surface area (Å²) in [6.45, 7) is 4.50. The number of Topliss-reactive ketones (excluding diaryl/α,β-unsaturated/α-hetero) is 1. The van der Waals surface area contributed by atoms with Crippen molar-refractivity contribution in [1.29, 1.82) is 0 Å². The molecule has 2 aromatic rings. The number of rotatable bonds is 6. The number of ketones is 1. The summed E-state index contributed by atoms with van der Waals surface area (Å²) < 4.78 is 5.60. The van der Waals surface area contributed by atoms with Gasteiger partial charge in [-0.1, -0.05) is 42.0 Å². The van der Waals surface area contributed by atoms with Crippen LogP contribution >= 0.6 is 0 Å². The first-order valence-electron chi connectivity index (χ1n) is 6.90. The maximum absolute atomic E-state index is 11.9. The minimum atomic E-state index is 0.211. The van der Waals surface area contributed by atoms with Gasteiger partial charge >= 0.3 is 0 Å². The van der Waals surface area contributed by atoms with E-state index in [0.29, 0.717) is 19.4 Å². The molecule has 2 heteroatoms. The maximum atomic E-state index is 11.9. The fraction of sp³-hybridized carbons (Fsp3) is 0.278. The van der Waals surface area contributed by atoms with Crippen molar-refractivity contribution >= 4 is 5.78 Å². The number of hydrogen-bond donors (Lipinski definition) is 0. The molecule has 0 radical (unpaired) electrons. The van der Waals surface area contributed by atoms with Gasteiger partial charge in [0.15, 0.2) is 0 Å². The molecule has 0 fully saturated rings. The number of ether oxygens (including phenoxy) is 1. The van der Waals surface area contributed by atoms with E-state index in [9.17, 15) is 4.79 Å². The van der Waals surface area contributed by atoms with E-state index in [1.165, 1.54) is 5.56 Å². The van der Waals surface area contributed by atoms with Crippen LogP contribution in [-0.2, 0) is 11.2 Å². The summed E-state index contributed by atoms with van der Waals surface area (Å²) in [6.07, 6.45) is 0.931. The van der Waals surface area contributed by atoms with Crippen LogP contribution in [0.4, 0.5) is 0 Å². The van der Waals surface area contributed by atoms with E-state index < -0.39 is 0 Å². The molecule has 0 unspecified atom stereocenters. The second kappa shape index (κ2) is 6.90. The Kier molecular flexibility index (Phi) is 4.94. The molecule has 0 aliphatic carbocycles. The lowest BCUT2D eigenvalue weighted by Crippen LogP contribution is -2.09. The van der Waals surface area contributed by atoms with Crippen LogP contribution in [0.5, 0.6) is 5.75 Å². The van der Waals surface area contributed by atoms with Gasteiger partial charge in [-0.2, -0.15) is 0 Å². The Balaban J connectivity index is 1.78. The molecule has 0 saturated heterocycles. The van der Waals surface area contributed by atoms with E-state index in [1.807, 2.05) is 56.3 Å². The van der Waals surface area contributed by atoms with Crippen molar-refractivity contribution in [2.24, 2.45) is 0 Å². The minimum absolute atomic E-state index is 0.211. The standard InChI is InChI=1S/C18H20O2/c1-14-5-3-7-16(11-14)13-17(19)9-10-20-18-8-4-6-15(2)12-18/h3-8,11-12H,9-10,13H2,1-2H3. The van der Waals surface area contributed by atoms with E-state index in [2.05, 4.69) is 6.07 Å². The zero-order valence-corrected chi connectivity index (χ0v) is 12.1. The largest absolute Gasteiger partial charge is 0.493 e. The van der Waals surface area contributed by atoms with Crippen molar-refractivity contribution in [3.05, 3.63) is 65.2 Å². The van der Waals surface area contributed by atoms with Crippen LogP contribution in [0.2, 0.25) is 0 Å². The highest BCUT2D eigenvalue weighted by Gasteiger charge is 2.04. The lowest BCUT2D eigenvalue weighted by Gasteiger charge is -2.06. The number of benzene rings is 2. The van der Waals surface area contributed by atoms with Crippen molar-refractivity contribution in [1.82, 2.24) is 0 Å². The molecule has 0 amide bonds. The summed E-state index contributed by atoms with van der Waals surface area (Å²) in [7, 11) is 0. The van der Waals surface area contributed by atoms with E-state index in [-0.39, 0.29) is 5.78 Å². The number of aryl methyl sites for hydroxylation is 2. The van der Waals surface area contributed by atoms with Gasteiger partial charge in [-0.15, -0.1) is 0 Å². The van der Waals surface area contributed by atoms with Gasteiger partial charge in [0.2, 0.25) is 0 Å². The highest BCUT2D eigenvalue weighted by atomic mass is 16.5. The van der Waals surface area contributed by atoms with Crippen molar-refractivity contribution in [2.45, 2.75) is 26.7 Å². The first kappa shape index (κ1) is 14.3. The molecule has 0 aliphatic rings. The van der Waals surface area contributed by atoms with Crippen LogP contribution in [0.1, 0.15) is 23.1 Å². The van der Waals surface area contributed by atoms with Gasteiger partial charge in [0.1, 0.15) is 11.5 Å². The van der Waals surface area contributed by atoms with Crippen molar-refractivity contribution in [2.75, 3.05) is 6.61 Å². The Labute approximate surface area is 120 Å². The maximum Gasteiger partial charge on any atom is 0.140 e. The Hall–Kier alpha value is -2.09. The van der Waals surface area contributed by atoms with Crippen molar-refractivity contribution in [3.63, 3.8) is 0 Å². The second-order valence-corrected chi connectivity index (χ2v) is 5.12. The third kappa shape index (κ3) is 4.54. The molecule has 104 valence electrons. The molecular weight excluding hydrogens is 248 g/mol. The fourth-order valence-corrected chi connectivity index (χ4v) is 2.13. The Morgan fingerprint density at radius 2 is 1.70 bits per heavy atom. The first-order valence-corrected chi connectivity index (χ1v) is 6.90. The minimum Gasteiger partial charge on any atom is -0.493 e. The third-order valence-corrected chi connectivity index (χ3v) is 3.12. The predicted molar refractivity (Wildman–Crippen MR) is 81.2 cm³/mol. The van der Waals surface area contributed by atoms with Crippen LogP contribution in [0.15, 0.2) is 48.5 Å². The quantitative estimate of drug-likeness (QED) is 0.794. The molecule has 0 spiro atoms. The lowest BCUT2D eigenvalue weighted by atomic mass is 10.1. The Morgan fingerprint density at radius 3 is 2.40 bits per heavy atom. The number of carbonyl (C=O) groups excluding carboxylic acids is 1. The molecule has 0 atom stereocenters. The molecule has 2 aromatic carbocycles. The van der Waals surface area contributed by atoms with Crippen molar-refractivity contribution < 1.29 is 9.53 Å². The van der Waals surface area contributed by atoms with E-state index >= 15 is 0 Å². The summed E-state index contributed by atoms with van der Waals surface area (Å²) in [5.41, 5.74) is 3.42. The topological polar surface area (TPSA) is 26.3 Å². The van der Waals surface area contributed by atoms with Gasteiger partial charge in [0.05, 0.1) is 6.61 Å². The Bertz CT molecular complexity index is 587. The molecule has 0 heterocycles. The van der Waals surface area contributed by atoms with Gasteiger partial charge in [-0.3, -0.25) is 4.79 Å². The van der Waals surface area contributed by atoms with Gasteiger partial charge in [0, 0.05) is 12.8 Å². The zero-order chi connectivity index (χ0) is 14.4. The lowest BCUT2D eigenvalue weighted by molar-refractivity contribution is -0.118.